The Hall–Kier alpha value is -5.05. The summed E-state index contributed by atoms with van der Waals surface area (Å²) >= 11 is 0. The van der Waals surface area contributed by atoms with Gasteiger partial charge in [0.05, 0.1) is 30.8 Å². The summed E-state index contributed by atoms with van der Waals surface area (Å²) in [7, 11) is 0. The van der Waals surface area contributed by atoms with Crippen molar-refractivity contribution in [2.24, 2.45) is 0 Å². The van der Waals surface area contributed by atoms with Crippen LogP contribution in [0.25, 0.3) is 29.1 Å². The van der Waals surface area contributed by atoms with Gasteiger partial charge in [-0.15, -0.1) is 0 Å². The molecule has 0 saturated carbocycles. The van der Waals surface area contributed by atoms with Crippen LogP contribution >= 0.6 is 0 Å². The first kappa shape index (κ1) is 27.0. The first-order chi connectivity index (χ1) is 18.9. The Morgan fingerprint density at radius 3 is 2.41 bits per heavy atom. The summed E-state index contributed by atoms with van der Waals surface area (Å²) in [6.07, 6.45) is 7.63. The Morgan fingerprint density at radius 1 is 0.923 bits per heavy atom. The number of aromatic nitrogens is 3. The average molecular weight is 525 g/mol. The molecule has 0 aliphatic rings. The van der Waals surface area contributed by atoms with Crippen LogP contribution < -0.4 is 5.32 Å². The number of aryl methyl sites for hydroxylation is 1. The molecule has 0 atom stereocenters. The summed E-state index contributed by atoms with van der Waals surface area (Å²) in [5.74, 6) is -1.15. The van der Waals surface area contributed by atoms with Crippen molar-refractivity contribution in [1.82, 2.24) is 14.6 Å². The molecule has 4 rings (SSSR count). The Bertz CT molecular complexity index is 1590. The fourth-order valence-corrected chi connectivity index (χ4v) is 3.72. The second-order valence-corrected chi connectivity index (χ2v) is 8.47. The van der Waals surface area contributed by atoms with E-state index in [0.29, 0.717) is 47.1 Å². The van der Waals surface area contributed by atoms with Crippen molar-refractivity contribution in [3.8, 4) is 11.3 Å². The van der Waals surface area contributed by atoms with Crippen molar-refractivity contribution in [2.75, 3.05) is 18.5 Å². The molecule has 2 heterocycles. The van der Waals surface area contributed by atoms with Gasteiger partial charge in [0.1, 0.15) is 0 Å². The number of esters is 2. The van der Waals surface area contributed by atoms with E-state index in [1.807, 2.05) is 31.2 Å². The normalized spacial score (nSPS) is 11.3. The maximum absolute atomic E-state index is 13.0. The topological polar surface area (TPSA) is 112 Å². The lowest BCUT2D eigenvalue weighted by Gasteiger charge is -2.10. The van der Waals surface area contributed by atoms with Crippen molar-refractivity contribution in [1.29, 1.82) is 0 Å². The van der Waals surface area contributed by atoms with Gasteiger partial charge in [0, 0.05) is 29.0 Å². The van der Waals surface area contributed by atoms with E-state index in [1.54, 1.807) is 67.0 Å². The highest BCUT2D eigenvalue weighted by atomic mass is 16.5. The molecule has 0 aliphatic carbocycles. The van der Waals surface area contributed by atoms with Crippen LogP contribution in [0.2, 0.25) is 0 Å². The molecule has 9 nitrogen and oxygen atoms in total. The lowest BCUT2D eigenvalue weighted by molar-refractivity contribution is -0.138. The standard InChI is InChI=1S/C30H28N4O5/c1-4-38-28(35)15-10-21-7-6-8-23(17-21)30(37)32-25-18-22(11-9-20(25)3)26-19-34-27(31-26)14-12-24(33-34)13-16-29(36)39-5-2/h6-19H,4-5H2,1-3H3,(H,32,37). The molecule has 0 spiro atoms. The Labute approximate surface area is 225 Å². The first-order valence-corrected chi connectivity index (χ1v) is 12.4. The van der Waals surface area contributed by atoms with E-state index in [4.69, 9.17) is 9.47 Å². The number of rotatable bonds is 9. The van der Waals surface area contributed by atoms with Crippen LogP contribution in [-0.2, 0) is 19.1 Å². The first-order valence-electron chi connectivity index (χ1n) is 12.4. The van der Waals surface area contributed by atoms with Crippen LogP contribution in [-0.4, -0.2) is 45.7 Å². The third-order valence-electron chi connectivity index (χ3n) is 5.65. The summed E-state index contributed by atoms with van der Waals surface area (Å²) in [5.41, 5.74) is 5.38. The number of fused-ring (bicyclic) bond motifs is 1. The Balaban J connectivity index is 1.53. The number of carbonyl (C=O) groups excluding carboxylic acids is 3. The van der Waals surface area contributed by atoms with E-state index >= 15 is 0 Å². The Kier molecular flexibility index (Phi) is 8.63. The van der Waals surface area contributed by atoms with Gasteiger partial charge in [-0.05, 0) is 74.4 Å². The molecule has 198 valence electrons. The van der Waals surface area contributed by atoms with Crippen LogP contribution in [0.3, 0.4) is 0 Å². The molecule has 39 heavy (non-hydrogen) atoms. The zero-order chi connectivity index (χ0) is 27.8. The maximum atomic E-state index is 13.0. The van der Waals surface area contributed by atoms with E-state index in [0.717, 1.165) is 11.1 Å². The predicted molar refractivity (Wildman–Crippen MR) is 149 cm³/mol. The number of imidazole rings is 1. The molecule has 0 fully saturated rings. The summed E-state index contributed by atoms with van der Waals surface area (Å²) in [5, 5.41) is 7.45. The minimum absolute atomic E-state index is 0.281. The highest BCUT2D eigenvalue weighted by Gasteiger charge is 2.12. The zero-order valence-electron chi connectivity index (χ0n) is 21.9. The molecule has 1 N–H and O–H groups in total. The molecule has 4 aromatic rings. The molecular weight excluding hydrogens is 496 g/mol. The number of nitrogens with one attached hydrogen (secondary N) is 1. The Morgan fingerprint density at radius 2 is 1.67 bits per heavy atom. The van der Waals surface area contributed by atoms with Crippen LogP contribution in [0.15, 0.2) is 72.9 Å². The SMILES string of the molecule is CCOC(=O)C=Cc1cccc(C(=O)Nc2cc(-c3cn4nc(C=CC(=O)OCC)ccc4n3)ccc2C)c1. The fourth-order valence-electron chi connectivity index (χ4n) is 3.72. The van der Waals surface area contributed by atoms with Crippen molar-refractivity contribution in [3.05, 3.63) is 95.3 Å². The van der Waals surface area contributed by atoms with Gasteiger partial charge in [0.15, 0.2) is 5.65 Å². The molecular formula is C30H28N4O5. The number of benzene rings is 2. The summed E-state index contributed by atoms with van der Waals surface area (Å²) in [6.45, 7) is 6.00. The minimum Gasteiger partial charge on any atom is -0.463 e. The van der Waals surface area contributed by atoms with Gasteiger partial charge in [-0.25, -0.2) is 19.1 Å². The van der Waals surface area contributed by atoms with Crippen LogP contribution in [0, 0.1) is 6.92 Å². The summed E-state index contributed by atoms with van der Waals surface area (Å²) in [4.78, 5) is 40.9. The fraction of sp³-hybridized carbons (Fsp3) is 0.167. The van der Waals surface area contributed by atoms with Crippen molar-refractivity contribution in [3.63, 3.8) is 0 Å². The smallest absolute Gasteiger partial charge is 0.330 e. The van der Waals surface area contributed by atoms with Crippen molar-refractivity contribution in [2.45, 2.75) is 20.8 Å². The van der Waals surface area contributed by atoms with E-state index in [2.05, 4.69) is 15.4 Å². The van der Waals surface area contributed by atoms with E-state index < -0.39 is 11.9 Å². The molecule has 0 radical (unpaired) electrons. The molecule has 2 aromatic carbocycles. The van der Waals surface area contributed by atoms with E-state index in [1.165, 1.54) is 12.2 Å². The summed E-state index contributed by atoms with van der Waals surface area (Å²) in [6, 6.07) is 16.2. The molecule has 0 bridgehead atoms. The van der Waals surface area contributed by atoms with Gasteiger partial charge < -0.3 is 14.8 Å². The van der Waals surface area contributed by atoms with E-state index in [-0.39, 0.29) is 5.91 Å². The van der Waals surface area contributed by atoms with Gasteiger partial charge in [-0.3, -0.25) is 4.79 Å². The number of nitrogens with zero attached hydrogens (tertiary/aromatic N) is 3. The number of amides is 1. The third-order valence-corrected chi connectivity index (χ3v) is 5.65. The van der Waals surface area contributed by atoms with E-state index in [9.17, 15) is 14.4 Å². The number of hydrogen-bond acceptors (Lipinski definition) is 7. The van der Waals surface area contributed by atoms with Gasteiger partial charge in [0.25, 0.3) is 5.91 Å². The third kappa shape index (κ3) is 7.04. The van der Waals surface area contributed by atoms with Crippen LogP contribution in [0.1, 0.15) is 41.0 Å². The number of anilines is 1. The van der Waals surface area contributed by atoms with Crippen molar-refractivity contribution >= 4 is 41.3 Å². The molecule has 0 aliphatic heterocycles. The monoisotopic (exact) mass is 524 g/mol. The van der Waals surface area contributed by atoms with Gasteiger partial charge in [-0.1, -0.05) is 24.3 Å². The lowest BCUT2D eigenvalue weighted by Crippen LogP contribution is -2.13. The van der Waals surface area contributed by atoms with Gasteiger partial charge in [0.2, 0.25) is 0 Å². The molecule has 1 amide bonds. The average Bonchev–Trinajstić information content (AvgIpc) is 3.36. The molecule has 0 unspecified atom stereocenters. The lowest BCUT2D eigenvalue weighted by atomic mass is 10.1. The van der Waals surface area contributed by atoms with Crippen LogP contribution in [0.5, 0.6) is 0 Å². The van der Waals surface area contributed by atoms with Gasteiger partial charge in [-0.2, -0.15) is 5.10 Å². The zero-order valence-corrected chi connectivity index (χ0v) is 21.9. The quantitative estimate of drug-likeness (QED) is 0.239. The second kappa shape index (κ2) is 12.5. The molecule has 2 aromatic heterocycles. The summed E-state index contributed by atoms with van der Waals surface area (Å²) < 4.78 is 11.4. The molecule has 9 heteroatoms. The van der Waals surface area contributed by atoms with Crippen LogP contribution in [0.4, 0.5) is 5.69 Å². The largest absolute Gasteiger partial charge is 0.463 e. The van der Waals surface area contributed by atoms with Crippen molar-refractivity contribution < 1.29 is 23.9 Å². The number of ether oxygens (including phenoxy) is 2. The number of carbonyl (C=O) groups is 3. The highest BCUT2D eigenvalue weighted by molar-refractivity contribution is 6.05. The minimum atomic E-state index is -0.439. The maximum Gasteiger partial charge on any atom is 0.330 e. The number of hydrogen-bond donors (Lipinski definition) is 1. The highest BCUT2D eigenvalue weighted by Crippen LogP contribution is 2.26. The second-order valence-electron chi connectivity index (χ2n) is 8.47. The molecule has 0 saturated heterocycles. The van der Waals surface area contributed by atoms with Gasteiger partial charge >= 0.3 is 11.9 Å². The predicted octanol–water partition coefficient (Wildman–Crippen LogP) is 5.11.